The molecule has 1 heterocycles. The lowest BCUT2D eigenvalue weighted by Crippen LogP contribution is -2.36. The first-order valence-corrected chi connectivity index (χ1v) is 9.60. The van der Waals surface area contributed by atoms with E-state index in [9.17, 15) is 14.4 Å². The zero-order valence-electron chi connectivity index (χ0n) is 15.9. The molecule has 3 rings (SSSR count). The van der Waals surface area contributed by atoms with Gasteiger partial charge in [-0.3, -0.25) is 19.3 Å². The van der Waals surface area contributed by atoms with E-state index in [1.807, 2.05) is 20.8 Å². The highest BCUT2D eigenvalue weighted by atomic mass is 16.2. The summed E-state index contributed by atoms with van der Waals surface area (Å²) < 4.78 is 0. The van der Waals surface area contributed by atoms with Gasteiger partial charge in [0, 0.05) is 13.0 Å². The van der Waals surface area contributed by atoms with E-state index in [4.69, 9.17) is 0 Å². The number of carbonyl (C=O) groups is 3. The second-order valence-electron chi connectivity index (χ2n) is 7.72. The Morgan fingerprint density at radius 3 is 2.38 bits per heavy atom. The van der Waals surface area contributed by atoms with Crippen LogP contribution in [0.2, 0.25) is 0 Å². The third kappa shape index (κ3) is 3.67. The average Bonchev–Trinajstić information content (AvgIpc) is 2.86. The van der Waals surface area contributed by atoms with Gasteiger partial charge in [-0.15, -0.1) is 0 Å². The Hall–Kier alpha value is -2.17. The van der Waals surface area contributed by atoms with Crippen molar-refractivity contribution in [1.82, 2.24) is 10.2 Å². The molecule has 0 spiro atoms. The van der Waals surface area contributed by atoms with Gasteiger partial charge in [0.1, 0.15) is 0 Å². The SMILES string of the molecule is Cc1ccc(C)c(C(C)NC(=O)CCN2C(=O)C3CCCCC3C2=O)c1. The fraction of sp³-hybridized carbons (Fsp3) is 0.571. The zero-order chi connectivity index (χ0) is 18.8. The van der Waals surface area contributed by atoms with E-state index in [1.54, 1.807) is 0 Å². The van der Waals surface area contributed by atoms with Crippen molar-refractivity contribution in [2.75, 3.05) is 6.54 Å². The Bertz CT molecular complexity index is 704. The first kappa shape index (κ1) is 18.6. The van der Waals surface area contributed by atoms with Gasteiger partial charge < -0.3 is 5.32 Å². The van der Waals surface area contributed by atoms with Crippen LogP contribution in [-0.4, -0.2) is 29.2 Å². The lowest BCUT2D eigenvalue weighted by molar-refractivity contribution is -0.140. The number of amides is 3. The predicted molar refractivity (Wildman–Crippen MR) is 99.3 cm³/mol. The number of aryl methyl sites for hydroxylation is 2. The van der Waals surface area contributed by atoms with Crippen molar-refractivity contribution < 1.29 is 14.4 Å². The molecular formula is C21H28N2O3. The summed E-state index contributed by atoms with van der Waals surface area (Å²) in [5.74, 6) is -0.569. The second kappa shape index (κ2) is 7.60. The van der Waals surface area contributed by atoms with E-state index in [2.05, 4.69) is 23.5 Å². The summed E-state index contributed by atoms with van der Waals surface area (Å²) in [6.07, 6.45) is 3.80. The van der Waals surface area contributed by atoms with Gasteiger partial charge in [0.25, 0.3) is 0 Å². The van der Waals surface area contributed by atoms with Crippen LogP contribution >= 0.6 is 0 Å². The maximum absolute atomic E-state index is 12.5. The number of hydrogen-bond donors (Lipinski definition) is 1. The van der Waals surface area contributed by atoms with Crippen LogP contribution in [0.4, 0.5) is 0 Å². The van der Waals surface area contributed by atoms with Gasteiger partial charge in [-0.2, -0.15) is 0 Å². The smallest absolute Gasteiger partial charge is 0.233 e. The summed E-state index contributed by atoms with van der Waals surface area (Å²) in [6.45, 7) is 6.21. The van der Waals surface area contributed by atoms with E-state index in [-0.39, 0.29) is 48.6 Å². The molecule has 1 N–H and O–H groups in total. The molecule has 1 aromatic rings. The topological polar surface area (TPSA) is 66.5 Å². The highest BCUT2D eigenvalue weighted by Gasteiger charge is 2.47. The van der Waals surface area contributed by atoms with Crippen LogP contribution < -0.4 is 5.32 Å². The van der Waals surface area contributed by atoms with E-state index < -0.39 is 0 Å². The van der Waals surface area contributed by atoms with Gasteiger partial charge in [0.15, 0.2) is 0 Å². The lowest BCUT2D eigenvalue weighted by atomic mass is 9.81. The van der Waals surface area contributed by atoms with Gasteiger partial charge in [0.05, 0.1) is 17.9 Å². The third-order valence-electron chi connectivity index (χ3n) is 5.77. The number of likely N-dealkylation sites (tertiary alicyclic amines) is 1. The largest absolute Gasteiger partial charge is 0.350 e. The minimum atomic E-state index is -0.145. The van der Waals surface area contributed by atoms with Gasteiger partial charge in [-0.25, -0.2) is 0 Å². The number of nitrogens with one attached hydrogen (secondary N) is 1. The van der Waals surface area contributed by atoms with Crippen molar-refractivity contribution in [2.24, 2.45) is 11.8 Å². The van der Waals surface area contributed by atoms with E-state index >= 15 is 0 Å². The molecular weight excluding hydrogens is 328 g/mol. The lowest BCUT2D eigenvalue weighted by Gasteiger charge is -2.19. The molecule has 1 aromatic carbocycles. The number of nitrogens with zero attached hydrogens (tertiary/aromatic N) is 1. The van der Waals surface area contributed by atoms with E-state index in [0.717, 1.165) is 42.4 Å². The molecule has 3 amide bonds. The molecule has 1 aliphatic heterocycles. The molecule has 5 heteroatoms. The molecule has 1 aliphatic carbocycles. The quantitative estimate of drug-likeness (QED) is 0.825. The molecule has 2 aliphatic rings. The van der Waals surface area contributed by atoms with Gasteiger partial charge in [-0.05, 0) is 44.7 Å². The van der Waals surface area contributed by atoms with Crippen LogP contribution in [0.15, 0.2) is 18.2 Å². The Labute approximate surface area is 155 Å². The average molecular weight is 356 g/mol. The van der Waals surface area contributed by atoms with Crippen LogP contribution in [0.1, 0.15) is 61.8 Å². The highest BCUT2D eigenvalue weighted by molar-refractivity contribution is 6.05. The Morgan fingerprint density at radius 1 is 1.15 bits per heavy atom. The molecule has 2 fully saturated rings. The van der Waals surface area contributed by atoms with Gasteiger partial charge in [-0.1, -0.05) is 36.6 Å². The number of rotatable bonds is 5. The summed E-state index contributed by atoms with van der Waals surface area (Å²) in [4.78, 5) is 38.6. The first-order chi connectivity index (χ1) is 12.4. The summed E-state index contributed by atoms with van der Waals surface area (Å²) in [7, 11) is 0. The van der Waals surface area contributed by atoms with Crippen molar-refractivity contribution in [3.63, 3.8) is 0 Å². The Balaban J connectivity index is 1.56. The Kier molecular flexibility index (Phi) is 5.44. The summed E-state index contributed by atoms with van der Waals surface area (Å²) >= 11 is 0. The Morgan fingerprint density at radius 2 is 1.77 bits per heavy atom. The third-order valence-corrected chi connectivity index (χ3v) is 5.77. The monoisotopic (exact) mass is 356 g/mol. The highest BCUT2D eigenvalue weighted by Crippen LogP contribution is 2.37. The summed E-state index contributed by atoms with van der Waals surface area (Å²) in [5.41, 5.74) is 3.39. The molecule has 1 saturated carbocycles. The van der Waals surface area contributed by atoms with Crippen molar-refractivity contribution in [2.45, 2.75) is 58.9 Å². The molecule has 5 nitrogen and oxygen atoms in total. The molecule has 0 bridgehead atoms. The second-order valence-corrected chi connectivity index (χ2v) is 7.72. The molecule has 0 radical (unpaired) electrons. The number of fused-ring (bicyclic) bond motifs is 1. The molecule has 1 saturated heterocycles. The fourth-order valence-corrected chi connectivity index (χ4v) is 4.28. The normalized spacial score (nSPS) is 23.7. The number of carbonyl (C=O) groups excluding carboxylic acids is 3. The van der Waals surface area contributed by atoms with Gasteiger partial charge in [0.2, 0.25) is 17.7 Å². The molecule has 0 aromatic heterocycles. The maximum atomic E-state index is 12.5. The van der Waals surface area contributed by atoms with Crippen molar-refractivity contribution in [3.8, 4) is 0 Å². The van der Waals surface area contributed by atoms with Crippen LogP contribution in [0, 0.1) is 25.7 Å². The minimum Gasteiger partial charge on any atom is -0.350 e. The standard InChI is InChI=1S/C21H28N2O3/c1-13-8-9-14(2)18(12-13)15(3)22-19(24)10-11-23-20(25)16-6-4-5-7-17(16)21(23)26/h8-9,12,15-17H,4-7,10-11H2,1-3H3,(H,22,24). The first-order valence-electron chi connectivity index (χ1n) is 9.60. The molecule has 3 unspecified atom stereocenters. The fourth-order valence-electron chi connectivity index (χ4n) is 4.28. The number of hydrogen-bond acceptors (Lipinski definition) is 3. The molecule has 26 heavy (non-hydrogen) atoms. The van der Waals surface area contributed by atoms with E-state index in [1.165, 1.54) is 4.90 Å². The van der Waals surface area contributed by atoms with Crippen LogP contribution in [0.25, 0.3) is 0 Å². The zero-order valence-corrected chi connectivity index (χ0v) is 15.9. The predicted octanol–water partition coefficient (Wildman–Crippen LogP) is 3.05. The van der Waals surface area contributed by atoms with Crippen LogP contribution in [0.5, 0.6) is 0 Å². The van der Waals surface area contributed by atoms with Crippen LogP contribution in [0.3, 0.4) is 0 Å². The van der Waals surface area contributed by atoms with Crippen molar-refractivity contribution in [3.05, 3.63) is 34.9 Å². The van der Waals surface area contributed by atoms with E-state index in [0.29, 0.717) is 0 Å². The maximum Gasteiger partial charge on any atom is 0.233 e. The van der Waals surface area contributed by atoms with Crippen molar-refractivity contribution >= 4 is 17.7 Å². The minimum absolute atomic E-state index is 0.0740. The van der Waals surface area contributed by atoms with Gasteiger partial charge >= 0.3 is 0 Å². The molecule has 140 valence electrons. The van der Waals surface area contributed by atoms with Crippen LogP contribution in [-0.2, 0) is 14.4 Å². The molecule has 3 atom stereocenters. The van der Waals surface area contributed by atoms with Crippen molar-refractivity contribution in [1.29, 1.82) is 0 Å². The summed E-state index contributed by atoms with van der Waals surface area (Å²) in [5, 5.41) is 2.99. The number of imide groups is 1. The summed E-state index contributed by atoms with van der Waals surface area (Å²) in [6, 6.07) is 6.09. The number of benzene rings is 1.